The zero-order valence-electron chi connectivity index (χ0n) is 13.7. The number of hydrogen-bond donors (Lipinski definition) is 2. The largest absolute Gasteiger partial charge is 0.326 e. The van der Waals surface area contributed by atoms with E-state index in [2.05, 4.69) is 15.6 Å². The lowest BCUT2D eigenvalue weighted by Gasteiger charge is -2.32. The molecule has 0 amide bonds. The fourth-order valence-electron chi connectivity index (χ4n) is 2.90. The molecule has 0 saturated carbocycles. The van der Waals surface area contributed by atoms with Crippen molar-refractivity contribution in [2.75, 3.05) is 5.32 Å². The Balaban J connectivity index is 2.25. The molecule has 1 fully saturated rings. The number of aliphatic imine (C=N–C) groups is 1. The Bertz CT molecular complexity index is 633. The summed E-state index contributed by atoms with van der Waals surface area (Å²) in [5.74, 6) is -0.105. The summed E-state index contributed by atoms with van der Waals surface area (Å²) in [6.45, 7) is 7.43. The Morgan fingerprint density at radius 1 is 1.35 bits per heavy atom. The van der Waals surface area contributed by atoms with Crippen LogP contribution in [0.25, 0.3) is 0 Å². The molecule has 0 bridgehead atoms. The molecule has 1 aliphatic rings. The summed E-state index contributed by atoms with van der Waals surface area (Å²) < 4.78 is 13.0. The monoisotopic (exact) mass is 318 g/mol. The maximum absolute atomic E-state index is 13.0. The number of nitriles is 1. The molecule has 0 spiro atoms. The molecule has 0 aromatic heterocycles. The topological polar surface area (TPSA) is 83.3 Å². The highest BCUT2D eigenvalue weighted by molar-refractivity contribution is 5.94. The summed E-state index contributed by atoms with van der Waals surface area (Å²) in [5, 5.41) is 27.8. The molecule has 7 heteroatoms. The van der Waals surface area contributed by atoms with Crippen LogP contribution in [0.15, 0.2) is 29.3 Å². The maximum atomic E-state index is 13.0. The van der Waals surface area contributed by atoms with Crippen molar-refractivity contribution < 1.29 is 9.60 Å². The van der Waals surface area contributed by atoms with Crippen molar-refractivity contribution in [3.05, 3.63) is 30.1 Å². The molecule has 123 valence electrons. The highest BCUT2D eigenvalue weighted by Gasteiger charge is 2.52. The van der Waals surface area contributed by atoms with Gasteiger partial charge in [0.1, 0.15) is 5.82 Å². The molecular weight excluding hydrogens is 297 g/mol. The fourth-order valence-corrected chi connectivity index (χ4v) is 2.90. The van der Waals surface area contributed by atoms with Gasteiger partial charge in [-0.3, -0.25) is 5.32 Å². The van der Waals surface area contributed by atoms with Crippen molar-refractivity contribution in [3.63, 3.8) is 0 Å². The van der Waals surface area contributed by atoms with Crippen molar-refractivity contribution in [1.29, 1.82) is 5.26 Å². The lowest BCUT2D eigenvalue weighted by atomic mass is 9.95. The summed E-state index contributed by atoms with van der Waals surface area (Å²) in [4.78, 5) is 4.52. The Kier molecular flexibility index (Phi) is 4.59. The van der Waals surface area contributed by atoms with Gasteiger partial charge in [0.2, 0.25) is 5.96 Å². The first kappa shape index (κ1) is 17.2. The van der Waals surface area contributed by atoms with Crippen LogP contribution < -0.4 is 10.6 Å². The predicted octanol–water partition coefficient (Wildman–Crippen LogP) is 2.64. The molecule has 2 rings (SSSR count). The lowest BCUT2D eigenvalue weighted by Crippen LogP contribution is -2.47. The van der Waals surface area contributed by atoms with Crippen LogP contribution in [0.4, 0.5) is 10.1 Å². The Labute approximate surface area is 135 Å². The van der Waals surface area contributed by atoms with Crippen LogP contribution in [0.5, 0.6) is 0 Å². The van der Waals surface area contributed by atoms with E-state index >= 15 is 0 Å². The van der Waals surface area contributed by atoms with Crippen molar-refractivity contribution in [2.24, 2.45) is 4.99 Å². The summed E-state index contributed by atoms with van der Waals surface area (Å²) in [7, 11) is 0. The minimum Gasteiger partial charge on any atom is -0.326 e. The van der Waals surface area contributed by atoms with Gasteiger partial charge in [0.15, 0.2) is 6.19 Å². The molecule has 2 N–H and O–H groups in total. The van der Waals surface area contributed by atoms with Gasteiger partial charge < -0.3 is 5.32 Å². The average molecular weight is 318 g/mol. The number of hydroxylamine groups is 2. The van der Waals surface area contributed by atoms with Crippen LogP contribution >= 0.6 is 0 Å². The maximum Gasteiger partial charge on any atom is 0.209 e. The van der Waals surface area contributed by atoms with Gasteiger partial charge in [-0.15, -0.1) is 10.3 Å². The van der Waals surface area contributed by atoms with Gasteiger partial charge in [-0.05, 0) is 58.4 Å². The Hall–Kier alpha value is -2.17. The first-order valence-electron chi connectivity index (χ1n) is 7.40. The van der Waals surface area contributed by atoms with Crippen LogP contribution in [0.2, 0.25) is 0 Å². The highest BCUT2D eigenvalue weighted by Crippen LogP contribution is 2.41. The first-order valence-corrected chi connectivity index (χ1v) is 7.40. The number of guanidine groups is 1. The van der Waals surface area contributed by atoms with E-state index in [-0.39, 0.29) is 17.8 Å². The summed E-state index contributed by atoms with van der Waals surface area (Å²) in [5.41, 5.74) is -0.608. The smallest absolute Gasteiger partial charge is 0.209 e. The van der Waals surface area contributed by atoms with Gasteiger partial charge in [0.25, 0.3) is 0 Å². The Morgan fingerprint density at radius 2 is 1.96 bits per heavy atom. The molecule has 1 saturated heterocycles. The third-order valence-corrected chi connectivity index (χ3v) is 4.15. The number of hydrogen-bond acceptors (Lipinski definition) is 3. The quantitative estimate of drug-likeness (QED) is 0.380. The van der Waals surface area contributed by atoms with E-state index in [4.69, 9.17) is 5.26 Å². The van der Waals surface area contributed by atoms with Crippen LogP contribution in [0, 0.1) is 17.3 Å². The molecule has 23 heavy (non-hydrogen) atoms. The number of anilines is 1. The van der Waals surface area contributed by atoms with E-state index in [0.29, 0.717) is 12.1 Å². The normalized spacial score (nSPS) is 23.3. The van der Waals surface area contributed by atoms with E-state index in [1.807, 2.05) is 33.9 Å². The molecule has 1 unspecified atom stereocenters. The average Bonchev–Trinajstić information content (AvgIpc) is 2.62. The van der Waals surface area contributed by atoms with Crippen molar-refractivity contribution >= 4 is 11.6 Å². The second-order valence-electron chi connectivity index (χ2n) is 6.83. The van der Waals surface area contributed by atoms with E-state index in [1.54, 1.807) is 12.1 Å². The Morgan fingerprint density at radius 3 is 2.43 bits per heavy atom. The molecule has 1 aromatic carbocycles. The third-order valence-electron chi connectivity index (χ3n) is 4.15. The van der Waals surface area contributed by atoms with Gasteiger partial charge in [-0.1, -0.05) is 0 Å². The van der Waals surface area contributed by atoms with E-state index < -0.39 is 11.1 Å². The minimum absolute atomic E-state index is 0.239. The molecular formula is C16H21FN5O. The van der Waals surface area contributed by atoms with E-state index in [0.717, 1.165) is 5.06 Å². The summed E-state index contributed by atoms with van der Waals surface area (Å²) in [6.07, 6.45) is 2.40. The standard InChI is InChI=1S/C16H21FN5O/c1-15(2)9-13(16(3,4)22(15)23)21-14(19-10-18)20-12-7-5-11(17)6-8-12/h5-8,13H,9H2,1-4H3,(H2,19,20,21). The van der Waals surface area contributed by atoms with Gasteiger partial charge in [-0.25, -0.2) is 9.38 Å². The molecule has 1 radical (unpaired) electrons. The van der Waals surface area contributed by atoms with Crippen LogP contribution in [-0.2, 0) is 5.21 Å². The number of halogens is 1. The zero-order valence-corrected chi connectivity index (χ0v) is 13.7. The summed E-state index contributed by atoms with van der Waals surface area (Å²) >= 11 is 0. The number of rotatable bonds is 2. The third kappa shape index (κ3) is 3.60. The second-order valence-corrected chi connectivity index (χ2v) is 6.83. The van der Waals surface area contributed by atoms with Crippen LogP contribution in [0.3, 0.4) is 0 Å². The van der Waals surface area contributed by atoms with Crippen LogP contribution in [0.1, 0.15) is 34.1 Å². The summed E-state index contributed by atoms with van der Waals surface area (Å²) in [6, 6.07) is 5.45. The first-order chi connectivity index (χ1) is 10.7. The van der Waals surface area contributed by atoms with E-state index in [9.17, 15) is 9.60 Å². The molecule has 1 heterocycles. The lowest BCUT2D eigenvalue weighted by molar-refractivity contribution is -0.245. The van der Waals surface area contributed by atoms with Crippen LogP contribution in [-0.4, -0.2) is 28.1 Å². The SMILES string of the molecule is CC1(C)CC(N=C(NC#N)Nc2ccc(F)cc2)C(C)(C)N1[O]. The number of nitrogens with one attached hydrogen (secondary N) is 2. The van der Waals surface area contributed by atoms with Crippen molar-refractivity contribution in [2.45, 2.75) is 51.2 Å². The van der Waals surface area contributed by atoms with Gasteiger partial charge in [0.05, 0.1) is 11.6 Å². The second kappa shape index (κ2) is 6.14. The van der Waals surface area contributed by atoms with Crippen molar-refractivity contribution in [3.8, 4) is 6.19 Å². The van der Waals surface area contributed by atoms with Gasteiger partial charge in [-0.2, -0.15) is 5.26 Å². The van der Waals surface area contributed by atoms with Crippen molar-refractivity contribution in [1.82, 2.24) is 10.4 Å². The molecule has 1 aromatic rings. The minimum atomic E-state index is -0.684. The van der Waals surface area contributed by atoms with Gasteiger partial charge >= 0.3 is 0 Å². The van der Waals surface area contributed by atoms with Gasteiger partial charge in [0, 0.05) is 11.2 Å². The highest BCUT2D eigenvalue weighted by atomic mass is 19.1. The number of nitrogens with zero attached hydrogens (tertiary/aromatic N) is 3. The number of benzene rings is 1. The predicted molar refractivity (Wildman–Crippen MR) is 85.3 cm³/mol. The fraction of sp³-hybridized carbons (Fsp3) is 0.500. The molecule has 0 aliphatic carbocycles. The molecule has 1 aliphatic heterocycles. The zero-order chi connectivity index (χ0) is 17.3. The molecule has 6 nitrogen and oxygen atoms in total. The van der Waals surface area contributed by atoms with E-state index in [1.165, 1.54) is 12.1 Å². The molecule has 1 atom stereocenters.